The first-order chi connectivity index (χ1) is 16.3. The predicted octanol–water partition coefficient (Wildman–Crippen LogP) is 1.19. The molecule has 1 fully saturated rings. The molecule has 2 amide bonds. The van der Waals surface area contributed by atoms with Crippen molar-refractivity contribution in [2.24, 2.45) is 0 Å². The standard InChI is InChI=1S/C24H31IN2O7/c1-2-19(29)24(32)27(14-16-6-5-11-33-16)18-12-15(23(31)26-9-10-28)13-21(22(18)30)34-20-8-4-3-7-17(20)25/h3-4,7-8,13,16,18,21-22,28,30H,2,5-6,9-12,14H2,1H3,(H,26,31). The van der Waals surface area contributed by atoms with E-state index in [0.717, 1.165) is 16.4 Å². The van der Waals surface area contributed by atoms with E-state index in [-0.39, 0.29) is 38.6 Å². The summed E-state index contributed by atoms with van der Waals surface area (Å²) >= 11 is 2.12. The van der Waals surface area contributed by atoms with Crippen LogP contribution in [0.4, 0.5) is 0 Å². The van der Waals surface area contributed by atoms with E-state index < -0.39 is 35.8 Å². The maximum atomic E-state index is 13.1. The molecule has 0 bridgehead atoms. The molecular weight excluding hydrogens is 555 g/mol. The van der Waals surface area contributed by atoms with Crippen molar-refractivity contribution in [1.82, 2.24) is 10.2 Å². The fourth-order valence-corrected chi connectivity index (χ4v) is 4.67. The fourth-order valence-electron chi connectivity index (χ4n) is 4.15. The number of ether oxygens (including phenoxy) is 2. The van der Waals surface area contributed by atoms with E-state index in [2.05, 4.69) is 27.9 Å². The van der Waals surface area contributed by atoms with Crippen LogP contribution in [0.25, 0.3) is 0 Å². The molecule has 1 aromatic carbocycles. The van der Waals surface area contributed by atoms with E-state index in [0.29, 0.717) is 17.9 Å². The van der Waals surface area contributed by atoms with Gasteiger partial charge in [0, 0.05) is 38.1 Å². The van der Waals surface area contributed by atoms with E-state index >= 15 is 0 Å². The number of amides is 2. The van der Waals surface area contributed by atoms with Crippen LogP contribution in [0.15, 0.2) is 35.9 Å². The maximum absolute atomic E-state index is 13.1. The molecule has 4 unspecified atom stereocenters. The number of para-hydroxylation sites is 1. The van der Waals surface area contributed by atoms with Crippen LogP contribution in [0.2, 0.25) is 0 Å². The summed E-state index contributed by atoms with van der Waals surface area (Å²) in [6.07, 6.45) is 0.871. The van der Waals surface area contributed by atoms with Crippen LogP contribution in [0, 0.1) is 3.57 Å². The average molecular weight is 586 g/mol. The van der Waals surface area contributed by atoms with Gasteiger partial charge in [-0.05, 0) is 53.6 Å². The quantitative estimate of drug-likeness (QED) is 0.278. The van der Waals surface area contributed by atoms with Crippen LogP contribution in [0.5, 0.6) is 5.75 Å². The van der Waals surface area contributed by atoms with E-state index in [1.54, 1.807) is 25.1 Å². The van der Waals surface area contributed by atoms with Crippen LogP contribution in [-0.4, -0.2) is 83.4 Å². The predicted molar refractivity (Wildman–Crippen MR) is 132 cm³/mol. The van der Waals surface area contributed by atoms with Crippen molar-refractivity contribution in [2.45, 2.75) is 57.0 Å². The molecule has 0 aromatic heterocycles. The number of aliphatic hydroxyl groups is 2. The fraction of sp³-hybridized carbons (Fsp3) is 0.542. The Bertz CT molecular complexity index is 916. The van der Waals surface area contributed by atoms with Crippen molar-refractivity contribution in [2.75, 3.05) is 26.3 Å². The lowest BCUT2D eigenvalue weighted by atomic mass is 9.87. The second kappa shape index (κ2) is 12.6. The van der Waals surface area contributed by atoms with Crippen molar-refractivity contribution in [3.8, 4) is 5.75 Å². The van der Waals surface area contributed by atoms with Crippen LogP contribution < -0.4 is 10.1 Å². The number of ketones is 1. The second-order valence-corrected chi connectivity index (χ2v) is 9.48. The highest BCUT2D eigenvalue weighted by molar-refractivity contribution is 14.1. The second-order valence-electron chi connectivity index (χ2n) is 8.32. The minimum absolute atomic E-state index is 0.0332. The topological polar surface area (TPSA) is 125 Å². The van der Waals surface area contributed by atoms with Gasteiger partial charge in [0.1, 0.15) is 18.0 Å². The van der Waals surface area contributed by atoms with Gasteiger partial charge in [-0.3, -0.25) is 14.4 Å². The maximum Gasteiger partial charge on any atom is 0.290 e. The number of rotatable bonds is 10. The van der Waals surface area contributed by atoms with Crippen molar-refractivity contribution in [3.05, 3.63) is 39.5 Å². The van der Waals surface area contributed by atoms with Gasteiger partial charge >= 0.3 is 0 Å². The number of benzene rings is 1. The Morgan fingerprint density at radius 2 is 2.06 bits per heavy atom. The Labute approximate surface area is 212 Å². The molecule has 0 spiro atoms. The minimum atomic E-state index is -1.18. The third kappa shape index (κ3) is 6.55. The SMILES string of the molecule is CCC(=O)C(=O)N(CC1CCCO1)C1CC(C(=O)NCCO)=CC(Oc2ccccc2I)C1O. The lowest BCUT2D eigenvalue weighted by Crippen LogP contribution is -2.57. The summed E-state index contributed by atoms with van der Waals surface area (Å²) in [5.74, 6) is -1.16. The number of nitrogens with zero attached hydrogens (tertiary/aromatic N) is 1. The third-order valence-electron chi connectivity index (χ3n) is 5.96. The molecule has 1 aromatic rings. The molecule has 3 rings (SSSR count). The molecule has 9 nitrogen and oxygen atoms in total. The molecule has 186 valence electrons. The van der Waals surface area contributed by atoms with Crippen molar-refractivity contribution >= 4 is 40.2 Å². The van der Waals surface area contributed by atoms with Crippen LogP contribution in [-0.2, 0) is 19.1 Å². The molecule has 1 heterocycles. The molecular formula is C24H31IN2O7. The first kappa shape index (κ1) is 26.6. The van der Waals surface area contributed by atoms with Crippen molar-refractivity contribution in [3.63, 3.8) is 0 Å². The molecule has 1 saturated heterocycles. The highest BCUT2D eigenvalue weighted by atomic mass is 127. The molecule has 0 radical (unpaired) electrons. The van der Waals surface area contributed by atoms with Crippen LogP contribution in [0.1, 0.15) is 32.6 Å². The van der Waals surface area contributed by atoms with Gasteiger partial charge in [0.15, 0.2) is 0 Å². The van der Waals surface area contributed by atoms with Gasteiger partial charge in [-0.25, -0.2) is 0 Å². The zero-order valence-corrected chi connectivity index (χ0v) is 21.3. The molecule has 3 N–H and O–H groups in total. The Morgan fingerprint density at radius 3 is 2.71 bits per heavy atom. The molecule has 1 aliphatic carbocycles. The molecule has 0 saturated carbocycles. The molecule has 10 heteroatoms. The lowest BCUT2D eigenvalue weighted by Gasteiger charge is -2.41. The van der Waals surface area contributed by atoms with Gasteiger partial charge in [-0.2, -0.15) is 0 Å². The van der Waals surface area contributed by atoms with Gasteiger partial charge in [0.05, 0.1) is 22.3 Å². The molecule has 34 heavy (non-hydrogen) atoms. The van der Waals surface area contributed by atoms with E-state index in [1.807, 2.05) is 12.1 Å². The van der Waals surface area contributed by atoms with Crippen molar-refractivity contribution in [1.29, 1.82) is 0 Å². The van der Waals surface area contributed by atoms with Gasteiger partial charge in [-0.15, -0.1) is 0 Å². The number of nitrogens with one attached hydrogen (secondary N) is 1. The Kier molecular flexibility index (Phi) is 9.86. The minimum Gasteiger partial charge on any atom is -0.482 e. The largest absolute Gasteiger partial charge is 0.482 e. The number of aliphatic hydroxyl groups excluding tert-OH is 2. The summed E-state index contributed by atoms with van der Waals surface area (Å²) in [7, 11) is 0. The van der Waals surface area contributed by atoms with E-state index in [9.17, 15) is 19.5 Å². The highest BCUT2D eigenvalue weighted by Gasteiger charge is 2.42. The number of hydrogen-bond acceptors (Lipinski definition) is 7. The smallest absolute Gasteiger partial charge is 0.290 e. The Hall–Kier alpha value is -2.02. The Morgan fingerprint density at radius 1 is 1.29 bits per heavy atom. The number of hydrogen-bond donors (Lipinski definition) is 3. The Balaban J connectivity index is 1.94. The normalized spacial score (nSPS) is 24.3. The summed E-state index contributed by atoms with van der Waals surface area (Å²) in [5.41, 5.74) is 0.314. The van der Waals surface area contributed by atoms with Crippen LogP contribution in [0.3, 0.4) is 0 Å². The average Bonchev–Trinajstić information content (AvgIpc) is 3.36. The van der Waals surface area contributed by atoms with Gasteiger partial charge in [0.2, 0.25) is 11.7 Å². The first-order valence-electron chi connectivity index (χ1n) is 11.5. The lowest BCUT2D eigenvalue weighted by molar-refractivity contribution is -0.150. The van der Waals surface area contributed by atoms with E-state index in [1.165, 1.54) is 4.90 Å². The summed E-state index contributed by atoms with van der Waals surface area (Å²) in [4.78, 5) is 39.6. The zero-order valence-electron chi connectivity index (χ0n) is 19.1. The zero-order chi connectivity index (χ0) is 24.7. The monoisotopic (exact) mass is 586 g/mol. The van der Waals surface area contributed by atoms with Gasteiger partial charge in [-0.1, -0.05) is 19.1 Å². The number of carbonyl (C=O) groups excluding carboxylic acids is 3. The summed E-state index contributed by atoms with van der Waals surface area (Å²) in [6.45, 7) is 2.18. The number of halogens is 1. The van der Waals surface area contributed by atoms with Gasteiger partial charge < -0.3 is 29.9 Å². The number of Topliss-reactive ketones (excluding diaryl/α,β-unsaturated/α-hetero) is 1. The van der Waals surface area contributed by atoms with E-state index in [4.69, 9.17) is 14.6 Å². The highest BCUT2D eigenvalue weighted by Crippen LogP contribution is 2.30. The van der Waals surface area contributed by atoms with Crippen LogP contribution >= 0.6 is 22.6 Å². The molecule has 1 aliphatic heterocycles. The molecule has 2 aliphatic rings. The number of carbonyl (C=O) groups is 3. The third-order valence-corrected chi connectivity index (χ3v) is 6.85. The molecule has 4 atom stereocenters. The summed E-state index contributed by atoms with van der Waals surface area (Å²) < 4.78 is 12.6. The first-order valence-corrected chi connectivity index (χ1v) is 12.6. The summed E-state index contributed by atoms with van der Waals surface area (Å²) in [5, 5.41) is 23.0. The van der Waals surface area contributed by atoms with Gasteiger partial charge in [0.25, 0.3) is 5.91 Å². The van der Waals surface area contributed by atoms with Crippen molar-refractivity contribution < 1.29 is 34.1 Å². The summed E-state index contributed by atoms with van der Waals surface area (Å²) in [6, 6.07) is 6.41.